The second kappa shape index (κ2) is 5.85. The van der Waals surface area contributed by atoms with Crippen molar-refractivity contribution in [2.75, 3.05) is 5.32 Å². The van der Waals surface area contributed by atoms with Gasteiger partial charge in [0.15, 0.2) is 5.69 Å². The number of hydrogen-bond donors (Lipinski definition) is 2. The molecule has 3 nitrogen and oxygen atoms in total. The minimum Gasteiger partial charge on any atom is -0.383 e. The van der Waals surface area contributed by atoms with Crippen LogP contribution in [0.2, 0.25) is 0 Å². The van der Waals surface area contributed by atoms with Crippen molar-refractivity contribution >= 4 is 11.4 Å². The maximum absolute atomic E-state index is 7.39. The van der Waals surface area contributed by atoms with Crippen molar-refractivity contribution in [3.05, 3.63) is 35.2 Å². The molecular formula is C17H25N3. The summed E-state index contributed by atoms with van der Waals surface area (Å²) >= 11 is 0. The third-order valence-corrected chi connectivity index (χ3v) is 4.07. The summed E-state index contributed by atoms with van der Waals surface area (Å²) in [5.74, 6) is 0. The van der Waals surface area contributed by atoms with E-state index in [-0.39, 0.29) is 5.41 Å². The predicted molar refractivity (Wildman–Crippen MR) is 85.3 cm³/mol. The quantitative estimate of drug-likeness (QED) is 0.791. The molecule has 0 radical (unpaired) electrons. The lowest BCUT2D eigenvalue weighted by atomic mass is 9.85. The molecule has 0 amide bonds. The van der Waals surface area contributed by atoms with Gasteiger partial charge in [-0.3, -0.25) is 0 Å². The molecule has 3 N–H and O–H groups in total. The molecule has 1 fully saturated rings. The summed E-state index contributed by atoms with van der Waals surface area (Å²) in [5.41, 5.74) is 8.88. The van der Waals surface area contributed by atoms with Crippen LogP contribution in [0.3, 0.4) is 0 Å². The molecule has 1 aromatic rings. The molecule has 0 aromatic heterocycles. The fraction of sp³-hybridized carbons (Fsp3) is 0.588. The SMILES string of the molecule is [C-]#[N+]c1cc(NC2CCC(N)CC2)ccc1C(C)(C)C. The molecular weight excluding hydrogens is 246 g/mol. The van der Waals surface area contributed by atoms with Gasteiger partial charge in [-0.15, -0.1) is 0 Å². The van der Waals surface area contributed by atoms with E-state index in [4.69, 9.17) is 12.3 Å². The number of benzene rings is 1. The average molecular weight is 271 g/mol. The van der Waals surface area contributed by atoms with Crippen molar-refractivity contribution in [2.24, 2.45) is 5.73 Å². The van der Waals surface area contributed by atoms with Crippen LogP contribution in [0.15, 0.2) is 18.2 Å². The van der Waals surface area contributed by atoms with E-state index in [0.717, 1.165) is 42.6 Å². The third kappa shape index (κ3) is 3.52. The van der Waals surface area contributed by atoms with Crippen LogP contribution in [-0.4, -0.2) is 12.1 Å². The summed E-state index contributed by atoms with van der Waals surface area (Å²) < 4.78 is 0. The van der Waals surface area contributed by atoms with Gasteiger partial charge in [-0.05, 0) is 48.8 Å². The average Bonchev–Trinajstić information content (AvgIpc) is 2.40. The van der Waals surface area contributed by atoms with Gasteiger partial charge in [-0.2, -0.15) is 0 Å². The van der Waals surface area contributed by atoms with E-state index < -0.39 is 0 Å². The fourth-order valence-electron chi connectivity index (χ4n) is 2.85. The van der Waals surface area contributed by atoms with Gasteiger partial charge in [-0.1, -0.05) is 26.8 Å². The molecule has 0 spiro atoms. The molecule has 0 saturated heterocycles. The largest absolute Gasteiger partial charge is 0.383 e. The summed E-state index contributed by atoms with van der Waals surface area (Å²) in [4.78, 5) is 3.69. The van der Waals surface area contributed by atoms with E-state index in [2.05, 4.69) is 43.1 Å². The maximum atomic E-state index is 7.39. The van der Waals surface area contributed by atoms with Crippen LogP contribution in [-0.2, 0) is 5.41 Å². The minimum absolute atomic E-state index is 0.00994. The molecule has 1 aromatic carbocycles. The second-order valence-corrected chi connectivity index (χ2v) is 6.85. The van der Waals surface area contributed by atoms with Gasteiger partial charge >= 0.3 is 0 Å². The Labute approximate surface area is 122 Å². The fourth-order valence-corrected chi connectivity index (χ4v) is 2.85. The number of anilines is 1. The predicted octanol–water partition coefficient (Wildman–Crippen LogP) is 4.22. The van der Waals surface area contributed by atoms with Crippen LogP contribution in [0, 0.1) is 6.57 Å². The van der Waals surface area contributed by atoms with Crippen LogP contribution in [0.25, 0.3) is 4.85 Å². The highest BCUT2D eigenvalue weighted by Crippen LogP contribution is 2.34. The molecule has 0 heterocycles. The first kappa shape index (κ1) is 14.9. The molecule has 20 heavy (non-hydrogen) atoms. The van der Waals surface area contributed by atoms with Crippen LogP contribution in [0.5, 0.6) is 0 Å². The van der Waals surface area contributed by atoms with Crippen molar-refractivity contribution in [1.82, 2.24) is 0 Å². The molecule has 3 heteroatoms. The summed E-state index contributed by atoms with van der Waals surface area (Å²) in [6, 6.07) is 7.04. The van der Waals surface area contributed by atoms with Crippen molar-refractivity contribution in [2.45, 2.75) is 64.0 Å². The molecule has 0 bridgehead atoms. The Morgan fingerprint density at radius 3 is 2.40 bits per heavy atom. The van der Waals surface area contributed by atoms with E-state index in [1.165, 1.54) is 0 Å². The van der Waals surface area contributed by atoms with Crippen molar-refractivity contribution in [3.63, 3.8) is 0 Å². The van der Waals surface area contributed by atoms with Gasteiger partial charge in [0.25, 0.3) is 0 Å². The highest BCUT2D eigenvalue weighted by molar-refractivity contribution is 5.64. The number of hydrogen-bond acceptors (Lipinski definition) is 2. The molecule has 0 atom stereocenters. The lowest BCUT2D eigenvalue weighted by Crippen LogP contribution is -2.32. The van der Waals surface area contributed by atoms with Crippen molar-refractivity contribution in [3.8, 4) is 0 Å². The molecule has 1 aliphatic rings. The normalized spacial score (nSPS) is 23.1. The zero-order valence-corrected chi connectivity index (χ0v) is 12.7. The number of nitrogens with one attached hydrogen (secondary N) is 1. The first-order chi connectivity index (χ1) is 9.40. The summed E-state index contributed by atoms with van der Waals surface area (Å²) in [7, 11) is 0. The van der Waals surface area contributed by atoms with E-state index in [1.54, 1.807) is 0 Å². The van der Waals surface area contributed by atoms with Gasteiger partial charge in [-0.25, -0.2) is 4.85 Å². The smallest absolute Gasteiger partial charge is 0.192 e. The van der Waals surface area contributed by atoms with Crippen LogP contribution in [0.1, 0.15) is 52.0 Å². The number of rotatable bonds is 2. The monoisotopic (exact) mass is 271 g/mol. The van der Waals surface area contributed by atoms with Crippen LogP contribution < -0.4 is 11.1 Å². The maximum Gasteiger partial charge on any atom is 0.192 e. The Bertz CT molecular complexity index is 500. The standard InChI is InChI=1S/C17H25N3/c1-17(2,3)15-10-9-14(11-16(15)19-4)20-13-7-5-12(18)6-8-13/h9-13,20H,5-8,18H2,1-3H3. The lowest BCUT2D eigenvalue weighted by molar-refractivity contribution is 0.411. The molecule has 108 valence electrons. The van der Waals surface area contributed by atoms with Gasteiger partial charge in [0.1, 0.15) is 0 Å². The summed E-state index contributed by atoms with van der Waals surface area (Å²) in [6.07, 6.45) is 4.42. The highest BCUT2D eigenvalue weighted by atomic mass is 14.9. The Morgan fingerprint density at radius 1 is 1.20 bits per heavy atom. The Kier molecular flexibility index (Phi) is 4.35. The molecule has 1 saturated carbocycles. The van der Waals surface area contributed by atoms with Crippen molar-refractivity contribution < 1.29 is 0 Å². The van der Waals surface area contributed by atoms with E-state index in [9.17, 15) is 0 Å². The zero-order valence-electron chi connectivity index (χ0n) is 12.7. The Balaban J connectivity index is 2.12. The van der Waals surface area contributed by atoms with Gasteiger partial charge in [0, 0.05) is 17.8 Å². The van der Waals surface area contributed by atoms with Gasteiger partial charge in [0.2, 0.25) is 0 Å². The lowest BCUT2D eigenvalue weighted by Gasteiger charge is -2.28. The topological polar surface area (TPSA) is 42.4 Å². The Morgan fingerprint density at radius 2 is 1.85 bits per heavy atom. The van der Waals surface area contributed by atoms with E-state index >= 15 is 0 Å². The summed E-state index contributed by atoms with van der Waals surface area (Å²) in [6.45, 7) is 13.8. The summed E-state index contributed by atoms with van der Waals surface area (Å²) in [5, 5.41) is 3.56. The number of nitrogens with two attached hydrogens (primary N) is 1. The first-order valence-corrected chi connectivity index (χ1v) is 7.44. The van der Waals surface area contributed by atoms with Crippen LogP contribution in [0.4, 0.5) is 11.4 Å². The zero-order chi connectivity index (χ0) is 14.8. The van der Waals surface area contributed by atoms with E-state index in [0.29, 0.717) is 12.1 Å². The van der Waals surface area contributed by atoms with Gasteiger partial charge < -0.3 is 11.1 Å². The van der Waals surface area contributed by atoms with Crippen molar-refractivity contribution in [1.29, 1.82) is 0 Å². The number of nitrogens with zero attached hydrogens (tertiary/aromatic N) is 1. The first-order valence-electron chi connectivity index (χ1n) is 7.44. The molecule has 0 unspecified atom stereocenters. The Hall–Kier alpha value is -1.53. The minimum atomic E-state index is 0.00994. The van der Waals surface area contributed by atoms with Gasteiger partial charge in [0.05, 0.1) is 6.57 Å². The molecule has 2 rings (SSSR count). The molecule has 1 aliphatic carbocycles. The van der Waals surface area contributed by atoms with Crippen LogP contribution >= 0.6 is 0 Å². The second-order valence-electron chi connectivity index (χ2n) is 6.85. The van der Waals surface area contributed by atoms with E-state index in [1.807, 2.05) is 6.07 Å². The highest BCUT2D eigenvalue weighted by Gasteiger charge is 2.20. The molecule has 0 aliphatic heterocycles. The third-order valence-electron chi connectivity index (χ3n) is 4.07.